The van der Waals surface area contributed by atoms with Crippen molar-refractivity contribution in [3.8, 4) is 0 Å². The molecule has 178 valence electrons. The van der Waals surface area contributed by atoms with Gasteiger partial charge in [-0.25, -0.2) is 12.8 Å². The van der Waals surface area contributed by atoms with Gasteiger partial charge in [0.15, 0.2) is 5.76 Å². The second kappa shape index (κ2) is 9.64. The van der Waals surface area contributed by atoms with Gasteiger partial charge in [0, 0.05) is 43.7 Å². The van der Waals surface area contributed by atoms with Crippen molar-refractivity contribution in [1.82, 2.24) is 14.5 Å². The van der Waals surface area contributed by atoms with E-state index < -0.39 is 15.8 Å². The number of halogens is 1. The number of carbonyl (C=O) groups is 2. The minimum Gasteiger partial charge on any atom is -0.459 e. The first-order valence-corrected chi connectivity index (χ1v) is 12.6. The van der Waals surface area contributed by atoms with Crippen LogP contribution in [0.15, 0.2) is 45.9 Å². The summed E-state index contributed by atoms with van der Waals surface area (Å²) in [5, 5.41) is 2.97. The summed E-state index contributed by atoms with van der Waals surface area (Å²) in [7, 11) is -3.92. The zero-order valence-electron chi connectivity index (χ0n) is 18.5. The molecule has 0 spiro atoms. The van der Waals surface area contributed by atoms with Crippen LogP contribution in [0.4, 0.5) is 4.39 Å². The highest BCUT2D eigenvalue weighted by molar-refractivity contribution is 7.89. The van der Waals surface area contributed by atoms with Crippen molar-refractivity contribution in [2.45, 2.75) is 43.5 Å². The van der Waals surface area contributed by atoms with Gasteiger partial charge in [-0.1, -0.05) is 12.1 Å². The van der Waals surface area contributed by atoms with Gasteiger partial charge in [0.25, 0.3) is 5.91 Å². The number of aryl methyl sites for hydroxylation is 1. The maximum atomic E-state index is 14.0. The van der Waals surface area contributed by atoms with Gasteiger partial charge >= 0.3 is 0 Å². The van der Waals surface area contributed by atoms with Crippen LogP contribution in [0.1, 0.15) is 41.8 Å². The Morgan fingerprint density at radius 3 is 2.30 bits per heavy atom. The van der Waals surface area contributed by atoms with Crippen molar-refractivity contribution >= 4 is 21.8 Å². The fourth-order valence-electron chi connectivity index (χ4n) is 4.49. The normalized spacial score (nSPS) is 18.9. The van der Waals surface area contributed by atoms with E-state index in [0.29, 0.717) is 44.5 Å². The molecule has 0 aliphatic carbocycles. The van der Waals surface area contributed by atoms with Crippen molar-refractivity contribution < 1.29 is 26.8 Å². The Morgan fingerprint density at radius 1 is 1.03 bits per heavy atom. The number of hydrogen-bond donors (Lipinski definition) is 1. The van der Waals surface area contributed by atoms with Crippen molar-refractivity contribution in [3.05, 3.63) is 53.7 Å². The minimum absolute atomic E-state index is 0.0181. The zero-order chi connectivity index (χ0) is 23.6. The first-order chi connectivity index (χ1) is 15.8. The fourth-order valence-corrected chi connectivity index (χ4v) is 6.03. The second-order valence-electron chi connectivity index (χ2n) is 8.61. The average molecular weight is 478 g/mol. The van der Waals surface area contributed by atoms with Crippen molar-refractivity contribution in [2.75, 3.05) is 26.2 Å². The molecule has 4 rings (SSSR count). The standard InChI is InChI=1S/C23H28FN3O5S/c1-16-10-15-32-21(16)22(28)25-18-8-11-26(12-9-18)23(29)17-6-13-27(14-7-17)33(30,31)20-5-3-2-4-19(20)24/h2-5,10,15,17-18H,6-9,11-14H2,1H3,(H,25,28). The highest BCUT2D eigenvalue weighted by Gasteiger charge is 2.36. The number of likely N-dealkylation sites (tertiary alicyclic amines) is 1. The molecule has 0 saturated carbocycles. The smallest absolute Gasteiger partial charge is 0.287 e. The van der Waals surface area contributed by atoms with Gasteiger partial charge in [0.2, 0.25) is 15.9 Å². The summed E-state index contributed by atoms with van der Waals surface area (Å²) < 4.78 is 46.0. The molecule has 10 heteroatoms. The third-order valence-electron chi connectivity index (χ3n) is 6.47. The molecule has 1 N–H and O–H groups in total. The van der Waals surface area contributed by atoms with Gasteiger partial charge < -0.3 is 14.6 Å². The van der Waals surface area contributed by atoms with Crippen LogP contribution in [0.25, 0.3) is 0 Å². The van der Waals surface area contributed by atoms with Crippen LogP contribution in [0, 0.1) is 18.7 Å². The van der Waals surface area contributed by atoms with Gasteiger partial charge in [-0.3, -0.25) is 9.59 Å². The van der Waals surface area contributed by atoms with E-state index in [4.69, 9.17) is 4.42 Å². The number of carbonyl (C=O) groups excluding carboxylic acids is 2. The molecule has 0 unspecified atom stereocenters. The first kappa shape index (κ1) is 23.4. The summed E-state index contributed by atoms with van der Waals surface area (Å²) in [6.07, 6.45) is 3.59. The molecule has 2 amide bonds. The molecule has 33 heavy (non-hydrogen) atoms. The van der Waals surface area contributed by atoms with E-state index in [1.807, 2.05) is 6.92 Å². The summed E-state index contributed by atoms with van der Waals surface area (Å²) in [5.74, 6) is -0.942. The van der Waals surface area contributed by atoms with Crippen LogP contribution in [0.2, 0.25) is 0 Å². The Hall–Kier alpha value is -2.72. The molecule has 2 aliphatic heterocycles. The highest BCUT2D eigenvalue weighted by Crippen LogP contribution is 2.27. The third-order valence-corrected chi connectivity index (χ3v) is 8.40. The lowest BCUT2D eigenvalue weighted by molar-refractivity contribution is -0.137. The Kier molecular flexibility index (Phi) is 6.85. The molecule has 0 radical (unpaired) electrons. The zero-order valence-corrected chi connectivity index (χ0v) is 19.3. The number of amides is 2. The summed E-state index contributed by atoms with van der Waals surface area (Å²) in [5.41, 5.74) is 0.781. The highest BCUT2D eigenvalue weighted by atomic mass is 32.2. The van der Waals surface area contributed by atoms with Crippen molar-refractivity contribution in [1.29, 1.82) is 0 Å². The average Bonchev–Trinajstić information content (AvgIpc) is 3.25. The summed E-state index contributed by atoms with van der Waals surface area (Å²) in [6, 6.07) is 7.05. The number of nitrogens with zero attached hydrogens (tertiary/aromatic N) is 2. The van der Waals surface area contributed by atoms with Gasteiger partial charge in [-0.15, -0.1) is 0 Å². The molecule has 0 bridgehead atoms. The molecule has 1 aromatic heterocycles. The van der Waals surface area contributed by atoms with Crippen molar-refractivity contribution in [2.24, 2.45) is 5.92 Å². The molecule has 8 nitrogen and oxygen atoms in total. The number of hydrogen-bond acceptors (Lipinski definition) is 5. The Morgan fingerprint density at radius 2 is 1.70 bits per heavy atom. The van der Waals surface area contributed by atoms with E-state index in [9.17, 15) is 22.4 Å². The van der Waals surface area contributed by atoms with E-state index in [-0.39, 0.29) is 41.8 Å². The van der Waals surface area contributed by atoms with Crippen molar-refractivity contribution in [3.63, 3.8) is 0 Å². The number of piperidine rings is 2. The third kappa shape index (κ3) is 4.96. The number of rotatable bonds is 5. The van der Waals surface area contributed by atoms with Crippen LogP contribution in [-0.2, 0) is 14.8 Å². The van der Waals surface area contributed by atoms with Gasteiger partial charge in [0.1, 0.15) is 10.7 Å². The predicted octanol–water partition coefficient (Wildman–Crippen LogP) is 2.55. The molecule has 2 saturated heterocycles. The topological polar surface area (TPSA) is 99.9 Å². The van der Waals surface area contributed by atoms with Gasteiger partial charge in [0.05, 0.1) is 6.26 Å². The van der Waals surface area contributed by atoms with Crippen LogP contribution >= 0.6 is 0 Å². The molecule has 2 aliphatic rings. The maximum absolute atomic E-state index is 14.0. The summed E-state index contributed by atoms with van der Waals surface area (Å²) in [4.78, 5) is 26.8. The molecular formula is C23H28FN3O5S. The van der Waals surface area contributed by atoms with Gasteiger partial charge in [-0.2, -0.15) is 4.31 Å². The number of nitrogens with one attached hydrogen (secondary N) is 1. The Balaban J connectivity index is 1.27. The Labute approximate surface area is 192 Å². The van der Waals surface area contributed by atoms with Crippen LogP contribution < -0.4 is 5.32 Å². The lowest BCUT2D eigenvalue weighted by atomic mass is 9.95. The van der Waals surface area contributed by atoms with E-state index in [0.717, 1.165) is 11.6 Å². The second-order valence-corrected chi connectivity index (χ2v) is 10.5. The monoisotopic (exact) mass is 477 g/mol. The fraction of sp³-hybridized carbons (Fsp3) is 0.478. The van der Waals surface area contributed by atoms with E-state index in [1.165, 1.54) is 28.8 Å². The SMILES string of the molecule is Cc1ccoc1C(=O)NC1CCN(C(=O)C2CCN(S(=O)(=O)c3ccccc3F)CC2)CC1. The molecule has 2 aromatic rings. The quantitative estimate of drug-likeness (QED) is 0.714. The number of benzene rings is 1. The lowest BCUT2D eigenvalue weighted by Gasteiger charge is -2.37. The predicted molar refractivity (Wildman–Crippen MR) is 118 cm³/mol. The lowest BCUT2D eigenvalue weighted by Crippen LogP contribution is -2.50. The van der Waals surface area contributed by atoms with Crippen LogP contribution in [0.5, 0.6) is 0 Å². The molecule has 0 atom stereocenters. The van der Waals surface area contributed by atoms with Crippen LogP contribution in [-0.4, -0.2) is 61.7 Å². The van der Waals surface area contributed by atoms with E-state index >= 15 is 0 Å². The Bertz CT molecular complexity index is 1120. The number of furan rings is 1. The van der Waals surface area contributed by atoms with E-state index in [2.05, 4.69) is 5.32 Å². The molecule has 2 fully saturated rings. The van der Waals surface area contributed by atoms with Gasteiger partial charge in [-0.05, 0) is 50.8 Å². The van der Waals surface area contributed by atoms with Crippen LogP contribution in [0.3, 0.4) is 0 Å². The minimum atomic E-state index is -3.92. The maximum Gasteiger partial charge on any atom is 0.287 e. The van der Waals surface area contributed by atoms with E-state index in [1.54, 1.807) is 11.0 Å². The number of sulfonamides is 1. The summed E-state index contributed by atoms with van der Waals surface area (Å²) in [6.45, 7) is 3.25. The molecule has 1 aromatic carbocycles. The summed E-state index contributed by atoms with van der Waals surface area (Å²) >= 11 is 0. The first-order valence-electron chi connectivity index (χ1n) is 11.2. The molecular weight excluding hydrogens is 449 g/mol. The largest absolute Gasteiger partial charge is 0.459 e. The molecule has 3 heterocycles.